The lowest BCUT2D eigenvalue weighted by atomic mass is 9.79. The molecule has 0 saturated carbocycles. The van der Waals surface area contributed by atoms with Gasteiger partial charge in [-0.3, -0.25) is 0 Å². The molecule has 136 valence electrons. The third-order valence-corrected chi connectivity index (χ3v) is 5.16. The first kappa shape index (κ1) is 18.5. The first-order valence-electron chi connectivity index (χ1n) is 9.45. The molecule has 0 radical (unpaired) electrons. The Bertz CT molecular complexity index is 918. The number of anilines is 2. The number of fused-ring (bicyclic) bond motifs is 1. The zero-order valence-electron chi connectivity index (χ0n) is 17.2. The van der Waals surface area contributed by atoms with Gasteiger partial charge in [0.05, 0.1) is 0 Å². The molecule has 0 aliphatic heterocycles. The quantitative estimate of drug-likeness (QED) is 0.474. The SMILES string of the molecule is CN(c1ccc(C(C)(C)C)cc1C(C)(C)C)c1cccc2ccccc12. The van der Waals surface area contributed by atoms with Crippen molar-refractivity contribution in [3.63, 3.8) is 0 Å². The molecule has 0 spiro atoms. The molecular formula is C25H31N. The second-order valence-corrected chi connectivity index (χ2v) is 9.29. The molecule has 0 heterocycles. The summed E-state index contributed by atoms with van der Waals surface area (Å²) in [4.78, 5) is 2.34. The Balaban J connectivity index is 2.19. The molecule has 0 amide bonds. The van der Waals surface area contributed by atoms with Gasteiger partial charge in [0.2, 0.25) is 0 Å². The minimum Gasteiger partial charge on any atom is -0.344 e. The van der Waals surface area contributed by atoms with Crippen LogP contribution in [0.5, 0.6) is 0 Å². The van der Waals surface area contributed by atoms with Crippen LogP contribution < -0.4 is 4.90 Å². The Morgan fingerprint density at radius 2 is 1.31 bits per heavy atom. The highest BCUT2D eigenvalue weighted by Gasteiger charge is 2.24. The van der Waals surface area contributed by atoms with Crippen molar-refractivity contribution in [2.24, 2.45) is 0 Å². The van der Waals surface area contributed by atoms with Gasteiger partial charge in [0.25, 0.3) is 0 Å². The normalized spacial score (nSPS) is 12.4. The fourth-order valence-electron chi connectivity index (χ4n) is 3.53. The monoisotopic (exact) mass is 345 g/mol. The smallest absolute Gasteiger partial charge is 0.0487 e. The van der Waals surface area contributed by atoms with Crippen molar-refractivity contribution in [1.29, 1.82) is 0 Å². The van der Waals surface area contributed by atoms with Gasteiger partial charge in [0, 0.05) is 23.8 Å². The summed E-state index contributed by atoms with van der Waals surface area (Å²) in [6, 6.07) is 22.1. The minimum absolute atomic E-state index is 0.0788. The summed E-state index contributed by atoms with van der Waals surface area (Å²) in [5.41, 5.74) is 5.53. The van der Waals surface area contributed by atoms with Gasteiger partial charge in [-0.15, -0.1) is 0 Å². The van der Waals surface area contributed by atoms with Gasteiger partial charge in [-0.1, -0.05) is 90.1 Å². The van der Waals surface area contributed by atoms with Crippen molar-refractivity contribution in [2.75, 3.05) is 11.9 Å². The second-order valence-electron chi connectivity index (χ2n) is 9.29. The lowest BCUT2D eigenvalue weighted by molar-refractivity contribution is 0.569. The van der Waals surface area contributed by atoms with Gasteiger partial charge in [-0.2, -0.15) is 0 Å². The van der Waals surface area contributed by atoms with Crippen molar-refractivity contribution < 1.29 is 0 Å². The van der Waals surface area contributed by atoms with Crippen LogP contribution in [0.1, 0.15) is 52.7 Å². The highest BCUT2D eigenvalue weighted by Crippen LogP contribution is 2.39. The summed E-state index contributed by atoms with van der Waals surface area (Å²) in [6.07, 6.45) is 0. The molecule has 1 nitrogen and oxygen atoms in total. The maximum atomic E-state index is 2.40. The Hall–Kier alpha value is -2.28. The summed E-state index contributed by atoms with van der Waals surface area (Å²) in [6.45, 7) is 13.7. The van der Waals surface area contributed by atoms with Gasteiger partial charge in [-0.25, -0.2) is 0 Å². The molecule has 3 aromatic rings. The fourth-order valence-corrected chi connectivity index (χ4v) is 3.53. The molecule has 0 aliphatic carbocycles. The molecule has 3 aromatic carbocycles. The molecule has 0 aromatic heterocycles. The topological polar surface area (TPSA) is 3.24 Å². The third-order valence-electron chi connectivity index (χ3n) is 5.16. The number of nitrogens with zero attached hydrogens (tertiary/aromatic N) is 1. The number of benzene rings is 3. The van der Waals surface area contributed by atoms with Gasteiger partial charge in [-0.05, 0) is 39.5 Å². The highest BCUT2D eigenvalue weighted by molar-refractivity contribution is 5.96. The van der Waals surface area contributed by atoms with E-state index in [0.717, 1.165) is 0 Å². The summed E-state index contributed by atoms with van der Waals surface area (Å²) in [5, 5.41) is 2.57. The van der Waals surface area contributed by atoms with Gasteiger partial charge < -0.3 is 4.90 Å². The number of hydrogen-bond acceptors (Lipinski definition) is 1. The van der Waals surface area contributed by atoms with Crippen LogP contribution in [0, 0.1) is 0 Å². The van der Waals surface area contributed by atoms with Crippen LogP contribution in [0.2, 0.25) is 0 Å². The average Bonchev–Trinajstić information content (AvgIpc) is 2.58. The zero-order chi connectivity index (χ0) is 19.1. The predicted molar refractivity (Wildman–Crippen MR) is 116 cm³/mol. The van der Waals surface area contributed by atoms with Gasteiger partial charge in [0.15, 0.2) is 0 Å². The summed E-state index contributed by atoms with van der Waals surface area (Å²) in [7, 11) is 2.18. The maximum Gasteiger partial charge on any atom is 0.0487 e. The van der Waals surface area contributed by atoms with Crippen LogP contribution in [0.25, 0.3) is 10.8 Å². The van der Waals surface area contributed by atoms with E-state index in [0.29, 0.717) is 0 Å². The Kier molecular flexibility index (Phi) is 4.60. The fraction of sp³-hybridized carbons (Fsp3) is 0.360. The van der Waals surface area contributed by atoms with Crippen molar-refractivity contribution in [1.82, 2.24) is 0 Å². The molecule has 0 N–H and O–H groups in total. The van der Waals surface area contributed by atoms with E-state index in [9.17, 15) is 0 Å². The predicted octanol–water partition coefficient (Wildman–Crippen LogP) is 7.20. The van der Waals surface area contributed by atoms with E-state index in [1.807, 2.05) is 0 Å². The molecule has 3 rings (SSSR count). The van der Waals surface area contributed by atoms with Gasteiger partial charge in [0.1, 0.15) is 0 Å². The van der Waals surface area contributed by atoms with Crippen molar-refractivity contribution >= 4 is 22.1 Å². The summed E-state index contributed by atoms with van der Waals surface area (Å²) < 4.78 is 0. The highest BCUT2D eigenvalue weighted by atomic mass is 15.1. The molecule has 0 atom stereocenters. The van der Waals surface area contributed by atoms with Crippen LogP contribution in [-0.4, -0.2) is 7.05 Å². The van der Waals surface area contributed by atoms with Crippen molar-refractivity contribution in [2.45, 2.75) is 52.4 Å². The van der Waals surface area contributed by atoms with E-state index in [-0.39, 0.29) is 10.8 Å². The Morgan fingerprint density at radius 1 is 0.654 bits per heavy atom. The first-order valence-corrected chi connectivity index (χ1v) is 9.45. The number of hydrogen-bond donors (Lipinski definition) is 0. The third kappa shape index (κ3) is 3.49. The molecule has 26 heavy (non-hydrogen) atoms. The van der Waals surface area contributed by atoms with E-state index in [4.69, 9.17) is 0 Å². The minimum atomic E-state index is 0.0788. The van der Waals surface area contributed by atoms with E-state index in [2.05, 4.69) is 114 Å². The molecule has 1 heteroatoms. The van der Waals surface area contributed by atoms with Crippen molar-refractivity contribution in [3.05, 3.63) is 71.8 Å². The summed E-state index contributed by atoms with van der Waals surface area (Å²) in [5.74, 6) is 0. The maximum absolute atomic E-state index is 2.40. The first-order chi connectivity index (χ1) is 12.1. The zero-order valence-corrected chi connectivity index (χ0v) is 17.2. The van der Waals surface area contributed by atoms with Crippen molar-refractivity contribution in [3.8, 4) is 0 Å². The molecule has 0 saturated heterocycles. The standard InChI is InChI=1S/C25H31N/c1-24(2,3)19-15-16-23(21(17-19)25(4,5)6)26(7)22-14-10-12-18-11-8-9-13-20(18)22/h8-17H,1-7H3. The van der Waals surface area contributed by atoms with Crippen LogP contribution in [-0.2, 0) is 10.8 Å². The Labute approximate surface area is 158 Å². The molecule has 0 fully saturated rings. The Morgan fingerprint density at radius 3 is 1.96 bits per heavy atom. The average molecular weight is 346 g/mol. The molecule has 0 unspecified atom stereocenters. The van der Waals surface area contributed by atoms with E-state index in [1.165, 1.54) is 33.3 Å². The van der Waals surface area contributed by atoms with Crippen LogP contribution in [0.4, 0.5) is 11.4 Å². The molecule has 0 bridgehead atoms. The van der Waals surface area contributed by atoms with E-state index < -0.39 is 0 Å². The largest absolute Gasteiger partial charge is 0.344 e. The van der Waals surface area contributed by atoms with E-state index in [1.54, 1.807) is 0 Å². The second kappa shape index (κ2) is 6.46. The van der Waals surface area contributed by atoms with Gasteiger partial charge >= 0.3 is 0 Å². The van der Waals surface area contributed by atoms with E-state index >= 15 is 0 Å². The molecular weight excluding hydrogens is 314 g/mol. The summed E-state index contributed by atoms with van der Waals surface area (Å²) >= 11 is 0. The molecule has 0 aliphatic rings. The number of rotatable bonds is 2. The van der Waals surface area contributed by atoms with Crippen LogP contribution in [0.3, 0.4) is 0 Å². The lowest BCUT2D eigenvalue weighted by Crippen LogP contribution is -2.21. The van der Waals surface area contributed by atoms with Crippen LogP contribution in [0.15, 0.2) is 60.7 Å². The lowest BCUT2D eigenvalue weighted by Gasteiger charge is -2.32. The van der Waals surface area contributed by atoms with Crippen LogP contribution >= 0.6 is 0 Å².